The maximum absolute atomic E-state index is 14.9. The molecule has 1 fully saturated rings. The number of carbonyl (C=O) groups is 1. The Kier molecular flexibility index (Phi) is 7.11. The molecule has 0 radical (unpaired) electrons. The van der Waals surface area contributed by atoms with Crippen LogP contribution in [0.1, 0.15) is 54.6 Å². The molecule has 1 aliphatic heterocycles. The first-order valence-corrected chi connectivity index (χ1v) is 12.5. The summed E-state index contributed by atoms with van der Waals surface area (Å²) in [5.74, 6) is -0.929. The average Bonchev–Trinajstić information content (AvgIpc) is 3.37. The van der Waals surface area contributed by atoms with Gasteiger partial charge in [0.15, 0.2) is 5.65 Å². The summed E-state index contributed by atoms with van der Waals surface area (Å²) in [6.45, 7) is 6.82. The zero-order chi connectivity index (χ0) is 27.0. The van der Waals surface area contributed by atoms with E-state index < -0.39 is 11.6 Å². The number of carbonyl (C=O) groups excluding carboxylic acids is 1. The van der Waals surface area contributed by atoms with Crippen molar-refractivity contribution in [1.82, 2.24) is 34.6 Å². The molecule has 0 spiro atoms. The van der Waals surface area contributed by atoms with Gasteiger partial charge < -0.3 is 9.64 Å². The molecule has 1 saturated heterocycles. The Morgan fingerprint density at radius 2 is 1.95 bits per heavy atom. The average molecular weight is 522 g/mol. The minimum atomic E-state index is -0.719. The van der Waals surface area contributed by atoms with Crippen LogP contribution in [0.15, 0.2) is 30.6 Å². The van der Waals surface area contributed by atoms with Crippen LogP contribution in [0.2, 0.25) is 0 Å². The molecule has 1 aromatic carbocycles. The van der Waals surface area contributed by atoms with Gasteiger partial charge in [-0.05, 0) is 38.8 Å². The van der Waals surface area contributed by atoms with Crippen molar-refractivity contribution in [2.45, 2.75) is 52.2 Å². The van der Waals surface area contributed by atoms with Crippen LogP contribution in [0.3, 0.4) is 0 Å². The number of likely N-dealkylation sites (N-methyl/N-ethyl adjacent to an activating group) is 1. The molecule has 1 amide bonds. The molecule has 3 aromatic heterocycles. The van der Waals surface area contributed by atoms with Crippen LogP contribution in [0.25, 0.3) is 22.4 Å². The predicted molar refractivity (Wildman–Crippen MR) is 136 cm³/mol. The van der Waals surface area contributed by atoms with Gasteiger partial charge in [-0.2, -0.15) is 5.10 Å². The number of ether oxygens (including phenoxy) is 1. The summed E-state index contributed by atoms with van der Waals surface area (Å²) in [5, 5.41) is 4.43. The van der Waals surface area contributed by atoms with Crippen LogP contribution in [0, 0.1) is 25.5 Å². The number of nitrogens with zero attached hydrogens (tertiary/aromatic N) is 7. The Morgan fingerprint density at radius 3 is 2.71 bits per heavy atom. The topological polar surface area (TPSA) is 98.9 Å². The van der Waals surface area contributed by atoms with Gasteiger partial charge in [-0.25, -0.2) is 28.7 Å². The molecular weight excluding hydrogens is 492 g/mol. The molecule has 2 atom stereocenters. The first-order valence-electron chi connectivity index (χ1n) is 12.5. The number of aromatic nitrogens is 6. The standard InChI is InChI=1S/C27H29F2N7O2/c1-15-16(2)32-27-25(31-15)24(21-6-5-20(28)12-22(21)29)33-26(34-27)18-7-10-38-23(11-18)19-13-30-36(14-19)9-8-35(4)17(3)37/h5-6,12-14,18,23H,7-11H2,1-4H3. The number of aryl methyl sites for hydroxylation is 2. The molecule has 11 heteroatoms. The van der Waals surface area contributed by atoms with E-state index >= 15 is 0 Å². The lowest BCUT2D eigenvalue weighted by atomic mass is 9.92. The van der Waals surface area contributed by atoms with E-state index in [1.807, 2.05) is 20.0 Å². The summed E-state index contributed by atoms with van der Waals surface area (Å²) < 4.78 is 36.4. The lowest BCUT2D eigenvalue weighted by Crippen LogP contribution is -2.27. The fraction of sp³-hybridized carbons (Fsp3) is 0.407. The Hall–Kier alpha value is -3.86. The molecule has 4 aromatic rings. The van der Waals surface area contributed by atoms with E-state index in [0.717, 1.165) is 17.3 Å². The van der Waals surface area contributed by atoms with Crippen molar-refractivity contribution in [2.75, 3.05) is 20.2 Å². The van der Waals surface area contributed by atoms with Crippen LogP contribution < -0.4 is 0 Å². The van der Waals surface area contributed by atoms with Crippen LogP contribution in [0.5, 0.6) is 0 Å². The smallest absolute Gasteiger partial charge is 0.219 e. The number of rotatable bonds is 6. The molecule has 1 aliphatic rings. The summed E-state index contributed by atoms with van der Waals surface area (Å²) >= 11 is 0. The van der Waals surface area contributed by atoms with Gasteiger partial charge in [0, 0.05) is 56.4 Å². The second-order valence-corrected chi connectivity index (χ2v) is 9.68. The van der Waals surface area contributed by atoms with Gasteiger partial charge in [-0.3, -0.25) is 9.48 Å². The van der Waals surface area contributed by atoms with E-state index in [2.05, 4.69) is 15.1 Å². The van der Waals surface area contributed by atoms with E-state index in [0.29, 0.717) is 60.9 Å². The van der Waals surface area contributed by atoms with Crippen molar-refractivity contribution >= 4 is 17.1 Å². The quantitative estimate of drug-likeness (QED) is 0.373. The first kappa shape index (κ1) is 25.8. The zero-order valence-corrected chi connectivity index (χ0v) is 21.8. The zero-order valence-electron chi connectivity index (χ0n) is 21.8. The second kappa shape index (κ2) is 10.5. The van der Waals surface area contributed by atoms with Crippen molar-refractivity contribution in [3.8, 4) is 11.3 Å². The van der Waals surface area contributed by atoms with E-state index in [1.54, 1.807) is 22.8 Å². The minimum absolute atomic E-state index is 0.00107. The van der Waals surface area contributed by atoms with Gasteiger partial charge in [-0.1, -0.05) is 0 Å². The van der Waals surface area contributed by atoms with Gasteiger partial charge >= 0.3 is 0 Å². The highest BCUT2D eigenvalue weighted by molar-refractivity contribution is 5.87. The number of fused-ring (bicyclic) bond motifs is 1. The summed E-state index contributed by atoms with van der Waals surface area (Å²) in [7, 11) is 1.75. The summed E-state index contributed by atoms with van der Waals surface area (Å²) in [6, 6.07) is 3.42. The lowest BCUT2D eigenvalue weighted by molar-refractivity contribution is -0.127. The fourth-order valence-corrected chi connectivity index (χ4v) is 4.52. The third-order valence-electron chi connectivity index (χ3n) is 7.02. The molecule has 2 unspecified atom stereocenters. The third kappa shape index (κ3) is 5.24. The van der Waals surface area contributed by atoms with E-state index in [9.17, 15) is 13.6 Å². The van der Waals surface area contributed by atoms with Crippen LogP contribution >= 0.6 is 0 Å². The molecule has 0 bridgehead atoms. The minimum Gasteiger partial charge on any atom is -0.373 e. The highest BCUT2D eigenvalue weighted by atomic mass is 19.1. The van der Waals surface area contributed by atoms with Crippen molar-refractivity contribution in [3.63, 3.8) is 0 Å². The normalized spacial score (nSPS) is 17.6. The number of halogens is 2. The predicted octanol–water partition coefficient (Wildman–Crippen LogP) is 4.29. The Balaban J connectivity index is 1.46. The van der Waals surface area contributed by atoms with Crippen LogP contribution in [-0.4, -0.2) is 60.7 Å². The number of hydrogen-bond donors (Lipinski definition) is 0. The van der Waals surface area contributed by atoms with Gasteiger partial charge in [-0.15, -0.1) is 0 Å². The van der Waals surface area contributed by atoms with Crippen molar-refractivity contribution < 1.29 is 18.3 Å². The van der Waals surface area contributed by atoms with Gasteiger partial charge in [0.25, 0.3) is 0 Å². The molecule has 198 valence electrons. The van der Waals surface area contributed by atoms with E-state index in [1.165, 1.54) is 19.1 Å². The van der Waals surface area contributed by atoms with Crippen molar-refractivity contribution in [2.24, 2.45) is 0 Å². The maximum Gasteiger partial charge on any atom is 0.219 e. The first-order chi connectivity index (χ1) is 18.2. The van der Waals surface area contributed by atoms with Gasteiger partial charge in [0.05, 0.1) is 30.2 Å². The van der Waals surface area contributed by atoms with Crippen molar-refractivity contribution in [1.29, 1.82) is 0 Å². The summed E-state index contributed by atoms with van der Waals surface area (Å²) in [5.41, 5.74) is 3.54. The van der Waals surface area contributed by atoms with Crippen molar-refractivity contribution in [3.05, 3.63) is 65.0 Å². The summed E-state index contributed by atoms with van der Waals surface area (Å²) in [4.78, 5) is 31.8. The highest BCUT2D eigenvalue weighted by Crippen LogP contribution is 2.38. The molecule has 0 saturated carbocycles. The molecule has 0 aliphatic carbocycles. The SMILES string of the molecule is CC(=O)N(C)CCn1cc(C2CC(c3nc(-c4ccc(F)cc4F)c4nc(C)c(C)nc4n3)CCO2)cn1. The number of benzene rings is 1. The number of hydrogen-bond acceptors (Lipinski definition) is 7. The summed E-state index contributed by atoms with van der Waals surface area (Å²) in [6.07, 6.45) is 4.78. The highest BCUT2D eigenvalue weighted by Gasteiger charge is 2.29. The Morgan fingerprint density at radius 1 is 1.16 bits per heavy atom. The molecule has 0 N–H and O–H groups in total. The molecule has 5 rings (SSSR count). The van der Waals surface area contributed by atoms with E-state index in [4.69, 9.17) is 14.7 Å². The largest absolute Gasteiger partial charge is 0.373 e. The Labute approximate surface area is 218 Å². The maximum atomic E-state index is 14.9. The van der Waals surface area contributed by atoms with Crippen LogP contribution in [0.4, 0.5) is 8.78 Å². The molecule has 4 heterocycles. The number of amides is 1. The second-order valence-electron chi connectivity index (χ2n) is 9.68. The lowest BCUT2D eigenvalue weighted by Gasteiger charge is -2.28. The molecule has 38 heavy (non-hydrogen) atoms. The third-order valence-corrected chi connectivity index (χ3v) is 7.02. The Bertz CT molecular complexity index is 1510. The van der Waals surface area contributed by atoms with Gasteiger partial charge in [0.1, 0.15) is 28.7 Å². The fourth-order valence-electron chi connectivity index (χ4n) is 4.52. The van der Waals surface area contributed by atoms with E-state index in [-0.39, 0.29) is 23.5 Å². The molecular formula is C27H29F2N7O2. The monoisotopic (exact) mass is 521 g/mol. The molecule has 9 nitrogen and oxygen atoms in total. The van der Waals surface area contributed by atoms with Crippen LogP contribution in [-0.2, 0) is 16.1 Å². The van der Waals surface area contributed by atoms with Gasteiger partial charge in [0.2, 0.25) is 5.91 Å².